The van der Waals surface area contributed by atoms with Crippen molar-refractivity contribution in [3.05, 3.63) is 34.9 Å². The van der Waals surface area contributed by atoms with Gasteiger partial charge in [0.1, 0.15) is 5.78 Å². The lowest BCUT2D eigenvalue weighted by atomic mass is 9.60. The average Bonchev–Trinajstić information content (AvgIpc) is 2.65. The van der Waals surface area contributed by atoms with E-state index in [0.717, 1.165) is 5.56 Å². The third-order valence-electron chi connectivity index (χ3n) is 6.46. The fraction of sp³-hybridized carbons (Fsp3) is 0.667. The Morgan fingerprint density at radius 2 is 1.52 bits per heavy atom. The van der Waals surface area contributed by atoms with Gasteiger partial charge in [-0.3, -0.25) is 9.59 Å². The molecule has 6 heteroatoms. The van der Waals surface area contributed by atoms with Crippen molar-refractivity contribution in [3.63, 3.8) is 0 Å². The van der Waals surface area contributed by atoms with E-state index in [1.54, 1.807) is 13.8 Å². The first-order valence-corrected chi connectivity index (χ1v) is 11.6. The molecule has 1 N–H and O–H groups in total. The molecule has 4 unspecified atom stereocenters. The van der Waals surface area contributed by atoms with Crippen molar-refractivity contribution in [1.82, 2.24) is 0 Å². The molecule has 1 saturated carbocycles. The van der Waals surface area contributed by atoms with E-state index < -0.39 is 23.4 Å². The summed E-state index contributed by atoms with van der Waals surface area (Å²) in [5, 5.41) is 11.2. The monoisotopic (exact) mass is 460 g/mol. The minimum atomic E-state index is -1.43. The summed E-state index contributed by atoms with van der Waals surface area (Å²) in [4.78, 5) is 42.3. The van der Waals surface area contributed by atoms with Crippen LogP contribution in [0, 0.1) is 11.8 Å². The maximum Gasteiger partial charge on any atom is 0.373 e. The minimum absolute atomic E-state index is 0.0173. The average molecular weight is 461 g/mol. The molecule has 0 spiro atoms. The SMILES string of the molecule is CCOC(=O)C1C(c2cc(C(C)(C)C)cc(C(C)(C)C)c2)C(CC)C(=O)CC1(C)O.O=C=O. The molecule has 2 rings (SSSR count). The molecule has 1 aromatic rings. The van der Waals surface area contributed by atoms with Gasteiger partial charge in [0.2, 0.25) is 0 Å². The Morgan fingerprint density at radius 1 is 1.06 bits per heavy atom. The molecule has 0 aromatic heterocycles. The van der Waals surface area contributed by atoms with Crippen LogP contribution in [0.4, 0.5) is 0 Å². The Bertz CT molecular complexity index is 847. The normalized spacial score (nSPS) is 25.5. The summed E-state index contributed by atoms with van der Waals surface area (Å²) in [5.41, 5.74) is 1.68. The van der Waals surface area contributed by atoms with Crippen molar-refractivity contribution in [2.24, 2.45) is 11.8 Å². The zero-order valence-electron chi connectivity index (χ0n) is 21.6. The van der Waals surface area contributed by atoms with Crippen molar-refractivity contribution < 1.29 is 29.0 Å². The highest BCUT2D eigenvalue weighted by Crippen LogP contribution is 2.48. The largest absolute Gasteiger partial charge is 0.466 e. The van der Waals surface area contributed by atoms with E-state index in [1.807, 2.05) is 6.92 Å². The summed E-state index contributed by atoms with van der Waals surface area (Å²) in [6.07, 6.45) is 0.858. The predicted molar refractivity (Wildman–Crippen MR) is 126 cm³/mol. The molecule has 1 aromatic carbocycles. The van der Waals surface area contributed by atoms with Gasteiger partial charge in [0, 0.05) is 18.3 Å². The molecule has 0 heterocycles. The first-order chi connectivity index (χ1) is 15.0. The topological polar surface area (TPSA) is 97.7 Å². The van der Waals surface area contributed by atoms with Crippen LogP contribution in [0.15, 0.2) is 18.2 Å². The maximum absolute atomic E-state index is 13.0. The highest BCUT2D eigenvalue weighted by molar-refractivity contribution is 5.88. The summed E-state index contributed by atoms with van der Waals surface area (Å²) in [6.45, 7) is 18.6. The molecular weight excluding hydrogens is 420 g/mol. The summed E-state index contributed by atoms with van der Waals surface area (Å²) >= 11 is 0. The first kappa shape index (κ1) is 28.7. The second-order valence-electron chi connectivity index (χ2n) is 11.2. The van der Waals surface area contributed by atoms with Crippen LogP contribution in [0.1, 0.15) is 97.8 Å². The Morgan fingerprint density at radius 3 is 1.88 bits per heavy atom. The Labute approximate surface area is 198 Å². The van der Waals surface area contributed by atoms with Crippen LogP contribution in [0.25, 0.3) is 0 Å². The molecule has 1 aliphatic carbocycles. The number of benzene rings is 1. The Balaban J connectivity index is 0.00000172. The number of carbonyl (C=O) groups is 2. The zero-order chi connectivity index (χ0) is 25.8. The van der Waals surface area contributed by atoms with Gasteiger partial charge in [0.25, 0.3) is 0 Å². The third kappa shape index (κ3) is 6.84. The molecule has 33 heavy (non-hydrogen) atoms. The van der Waals surface area contributed by atoms with Crippen molar-refractivity contribution in [3.8, 4) is 0 Å². The number of aliphatic hydroxyl groups is 1. The molecule has 1 aliphatic rings. The van der Waals surface area contributed by atoms with Crippen LogP contribution in [-0.4, -0.2) is 35.2 Å². The fourth-order valence-electron chi connectivity index (χ4n) is 4.66. The van der Waals surface area contributed by atoms with Gasteiger partial charge in [-0.05, 0) is 47.8 Å². The van der Waals surface area contributed by atoms with Crippen molar-refractivity contribution >= 4 is 17.9 Å². The second-order valence-corrected chi connectivity index (χ2v) is 11.2. The van der Waals surface area contributed by atoms with E-state index >= 15 is 0 Å². The zero-order valence-corrected chi connectivity index (χ0v) is 21.6. The molecule has 0 bridgehead atoms. The van der Waals surface area contributed by atoms with Gasteiger partial charge < -0.3 is 9.84 Å². The van der Waals surface area contributed by atoms with Gasteiger partial charge in [0.15, 0.2) is 0 Å². The van der Waals surface area contributed by atoms with Gasteiger partial charge >= 0.3 is 12.1 Å². The summed E-state index contributed by atoms with van der Waals surface area (Å²) < 4.78 is 5.38. The molecule has 4 atom stereocenters. The van der Waals surface area contributed by atoms with Crippen molar-refractivity contribution in [2.45, 2.75) is 97.5 Å². The lowest BCUT2D eigenvalue weighted by Gasteiger charge is -2.45. The highest BCUT2D eigenvalue weighted by Gasteiger charge is 2.54. The standard InChI is InChI=1S/C26H40O4.CO2/c1-10-19-20(27)15-26(9,29)22(23(28)30-11-2)21(19)16-12-17(24(3,4)5)14-18(13-16)25(6,7)8;2-1-3/h12-14,19,21-22,29H,10-11,15H2,1-9H3;. The predicted octanol–water partition coefficient (Wildman–Crippen LogP) is 4.71. The van der Waals surface area contributed by atoms with Crippen LogP contribution in [0.3, 0.4) is 0 Å². The molecule has 6 nitrogen and oxygen atoms in total. The van der Waals surface area contributed by atoms with Gasteiger partial charge in [-0.15, -0.1) is 0 Å². The summed E-state index contributed by atoms with van der Waals surface area (Å²) in [7, 11) is 0. The number of esters is 1. The number of Topliss-reactive ketones (excluding diaryl/α,β-unsaturated/α-hetero) is 1. The van der Waals surface area contributed by atoms with E-state index in [1.165, 1.54) is 11.1 Å². The number of ether oxygens (including phenoxy) is 1. The van der Waals surface area contributed by atoms with Gasteiger partial charge in [-0.25, -0.2) is 0 Å². The van der Waals surface area contributed by atoms with E-state index in [4.69, 9.17) is 14.3 Å². The summed E-state index contributed by atoms with van der Waals surface area (Å²) in [5.74, 6) is -1.90. The Kier molecular flexibility index (Phi) is 9.36. The third-order valence-corrected chi connectivity index (χ3v) is 6.46. The molecule has 1 fully saturated rings. The molecule has 0 saturated heterocycles. The van der Waals surface area contributed by atoms with Crippen LogP contribution in [0.2, 0.25) is 0 Å². The summed E-state index contributed by atoms with van der Waals surface area (Å²) in [6, 6.07) is 6.49. The van der Waals surface area contributed by atoms with E-state index in [-0.39, 0.29) is 41.7 Å². The minimum Gasteiger partial charge on any atom is -0.466 e. The molecule has 0 radical (unpaired) electrons. The highest BCUT2D eigenvalue weighted by atomic mass is 16.5. The van der Waals surface area contributed by atoms with Crippen LogP contribution in [-0.2, 0) is 34.7 Å². The molecule has 184 valence electrons. The van der Waals surface area contributed by atoms with Crippen LogP contribution >= 0.6 is 0 Å². The lowest BCUT2D eigenvalue weighted by molar-refractivity contribution is -0.191. The van der Waals surface area contributed by atoms with Gasteiger partial charge in [-0.1, -0.05) is 66.7 Å². The molecule has 0 amide bonds. The van der Waals surface area contributed by atoms with E-state index in [9.17, 15) is 14.7 Å². The van der Waals surface area contributed by atoms with E-state index in [0.29, 0.717) is 6.42 Å². The maximum atomic E-state index is 13.0. The number of rotatable bonds is 4. The first-order valence-electron chi connectivity index (χ1n) is 11.6. The van der Waals surface area contributed by atoms with Gasteiger partial charge in [0.05, 0.1) is 18.1 Å². The number of ketones is 1. The fourth-order valence-corrected chi connectivity index (χ4v) is 4.66. The number of hydrogen-bond acceptors (Lipinski definition) is 6. The van der Waals surface area contributed by atoms with Crippen molar-refractivity contribution in [2.75, 3.05) is 6.61 Å². The van der Waals surface area contributed by atoms with Crippen LogP contribution in [0.5, 0.6) is 0 Å². The van der Waals surface area contributed by atoms with Gasteiger partial charge in [-0.2, -0.15) is 9.59 Å². The number of carbonyl (C=O) groups excluding carboxylic acids is 4. The quantitative estimate of drug-likeness (QED) is 0.654. The smallest absolute Gasteiger partial charge is 0.373 e. The lowest BCUT2D eigenvalue weighted by Crippen LogP contribution is -2.53. The van der Waals surface area contributed by atoms with Crippen molar-refractivity contribution in [1.29, 1.82) is 0 Å². The van der Waals surface area contributed by atoms with Crippen LogP contribution < -0.4 is 0 Å². The molecular formula is C27H40O6. The molecule has 0 aliphatic heterocycles. The Hall–Kier alpha value is -2.30. The second kappa shape index (κ2) is 10.8. The number of hydrogen-bond donors (Lipinski definition) is 1. The van der Waals surface area contributed by atoms with E-state index in [2.05, 4.69) is 59.7 Å².